The number of nitrogens with two attached hydrogens (primary N) is 1. The lowest BCUT2D eigenvalue weighted by Gasteiger charge is -2.12. The van der Waals surface area contributed by atoms with E-state index in [9.17, 15) is 9.59 Å². The molecule has 116 valence electrons. The highest BCUT2D eigenvalue weighted by atomic mass is 32.2. The molecule has 1 amide bonds. The Morgan fingerprint density at radius 1 is 1.41 bits per heavy atom. The molecule has 0 aliphatic carbocycles. The fraction of sp³-hybridized carbons (Fsp3) is 0.286. The van der Waals surface area contributed by atoms with Crippen LogP contribution in [0.5, 0.6) is 0 Å². The van der Waals surface area contributed by atoms with Crippen LogP contribution in [0.4, 0.5) is 5.88 Å². The van der Waals surface area contributed by atoms with Gasteiger partial charge in [0.2, 0.25) is 10.4 Å². The van der Waals surface area contributed by atoms with Gasteiger partial charge in [-0.05, 0) is 0 Å². The van der Waals surface area contributed by atoms with E-state index in [1.165, 1.54) is 16.0 Å². The minimum atomic E-state index is -0.354. The number of benzene rings is 1. The molecular weight excluding hydrogens is 304 g/mol. The van der Waals surface area contributed by atoms with E-state index in [-0.39, 0.29) is 22.8 Å². The van der Waals surface area contributed by atoms with E-state index in [0.717, 1.165) is 11.8 Å². The molecule has 0 unspecified atom stereocenters. The molecule has 1 atom stereocenters. The minimum absolute atomic E-state index is 0.0544. The Bertz CT molecular complexity index is 659. The van der Waals surface area contributed by atoms with Crippen LogP contribution in [0.25, 0.3) is 0 Å². The molecule has 0 radical (unpaired) electrons. The van der Waals surface area contributed by atoms with Gasteiger partial charge in [0.05, 0.1) is 17.8 Å². The number of anilines is 1. The molecule has 0 aliphatic heterocycles. The number of carbonyl (C=O) groups is 2. The summed E-state index contributed by atoms with van der Waals surface area (Å²) in [5.74, 6) is -0.0502. The molecule has 0 aliphatic rings. The zero-order valence-corrected chi connectivity index (χ0v) is 13.1. The first kappa shape index (κ1) is 16.0. The standard InChI is InChI=1S/C14H17N4O3S/c1-10(9-22-14(20)11-6-4-3-5-7-11)13(19)17(2)18-8-12(15)21-16-18/h3-8,10H,9,15H2,1-2H3/q+1/t10-/m1/s1. The highest BCUT2D eigenvalue weighted by Crippen LogP contribution is 2.16. The fourth-order valence-electron chi connectivity index (χ4n) is 1.74. The lowest BCUT2D eigenvalue weighted by atomic mass is 10.2. The van der Waals surface area contributed by atoms with Crippen molar-refractivity contribution in [3.05, 3.63) is 42.1 Å². The van der Waals surface area contributed by atoms with Gasteiger partial charge >= 0.3 is 0 Å². The smallest absolute Gasteiger partial charge is 0.296 e. The largest absolute Gasteiger partial charge is 0.362 e. The molecule has 0 fully saturated rings. The lowest BCUT2D eigenvalue weighted by molar-refractivity contribution is -0.747. The Morgan fingerprint density at radius 3 is 2.68 bits per heavy atom. The van der Waals surface area contributed by atoms with Crippen molar-refractivity contribution in [3.63, 3.8) is 0 Å². The fourth-order valence-corrected chi connectivity index (χ4v) is 2.59. The van der Waals surface area contributed by atoms with Crippen molar-refractivity contribution >= 4 is 28.7 Å². The summed E-state index contributed by atoms with van der Waals surface area (Å²) in [4.78, 5) is 25.5. The topological polar surface area (TPSA) is 93.3 Å². The second-order valence-electron chi connectivity index (χ2n) is 4.75. The van der Waals surface area contributed by atoms with Crippen molar-refractivity contribution in [2.75, 3.05) is 23.5 Å². The number of thioether (sulfide) groups is 1. The second kappa shape index (κ2) is 7.08. The van der Waals surface area contributed by atoms with Crippen LogP contribution in [0.2, 0.25) is 0 Å². The van der Waals surface area contributed by atoms with Gasteiger partial charge in [-0.2, -0.15) is 0 Å². The first-order chi connectivity index (χ1) is 10.5. The van der Waals surface area contributed by atoms with Crippen molar-refractivity contribution in [1.29, 1.82) is 0 Å². The van der Waals surface area contributed by atoms with Crippen LogP contribution in [0.15, 0.2) is 41.1 Å². The maximum atomic E-state index is 12.3. The normalized spacial score (nSPS) is 11.9. The number of rotatable bonds is 5. The monoisotopic (exact) mass is 321 g/mol. The molecule has 22 heavy (non-hydrogen) atoms. The minimum Gasteiger partial charge on any atom is -0.362 e. The molecule has 2 aromatic rings. The maximum absolute atomic E-state index is 12.3. The van der Waals surface area contributed by atoms with E-state index in [1.54, 1.807) is 26.1 Å². The van der Waals surface area contributed by atoms with Gasteiger partial charge in [0.1, 0.15) is 0 Å². The maximum Gasteiger partial charge on any atom is 0.296 e. The molecule has 1 heterocycles. The molecule has 0 bridgehead atoms. The number of hydrogen-bond donors (Lipinski definition) is 1. The van der Waals surface area contributed by atoms with E-state index in [1.807, 2.05) is 18.2 Å². The van der Waals surface area contributed by atoms with Crippen LogP contribution in [0.1, 0.15) is 17.3 Å². The molecule has 1 aromatic heterocycles. The van der Waals surface area contributed by atoms with Crippen molar-refractivity contribution < 1.29 is 18.9 Å². The van der Waals surface area contributed by atoms with E-state index >= 15 is 0 Å². The third-order valence-corrected chi connectivity index (χ3v) is 4.16. The zero-order chi connectivity index (χ0) is 16.1. The molecule has 7 nitrogen and oxygen atoms in total. The number of nitrogen functional groups attached to an aromatic ring is 1. The molecule has 0 spiro atoms. The summed E-state index contributed by atoms with van der Waals surface area (Å²) < 4.78 is 4.71. The first-order valence-corrected chi connectivity index (χ1v) is 7.61. The van der Waals surface area contributed by atoms with Gasteiger partial charge in [0.15, 0.2) is 0 Å². The summed E-state index contributed by atoms with van der Waals surface area (Å²) >= 11 is 1.12. The average molecular weight is 321 g/mol. The Kier molecular flexibility index (Phi) is 5.16. The summed E-state index contributed by atoms with van der Waals surface area (Å²) in [5, 5.41) is 4.85. The summed E-state index contributed by atoms with van der Waals surface area (Å²) in [7, 11) is 1.56. The average Bonchev–Trinajstić information content (AvgIpc) is 2.98. The molecular formula is C14H17N4O3S+. The number of nitrogens with zero attached hydrogens (tertiary/aromatic N) is 3. The van der Waals surface area contributed by atoms with Gasteiger partial charge in [-0.15, -0.1) is 0 Å². The Balaban J connectivity index is 1.90. The van der Waals surface area contributed by atoms with Crippen LogP contribution in [-0.4, -0.2) is 29.1 Å². The summed E-state index contributed by atoms with van der Waals surface area (Å²) in [6.45, 7) is 1.76. The zero-order valence-electron chi connectivity index (χ0n) is 12.3. The highest BCUT2D eigenvalue weighted by Gasteiger charge is 2.27. The first-order valence-electron chi connectivity index (χ1n) is 6.63. The van der Waals surface area contributed by atoms with Crippen LogP contribution < -0.4 is 15.5 Å². The van der Waals surface area contributed by atoms with Gasteiger partial charge < -0.3 is 5.73 Å². The summed E-state index contributed by atoms with van der Waals surface area (Å²) in [6.07, 6.45) is 1.40. The van der Waals surface area contributed by atoms with Gasteiger partial charge in [0, 0.05) is 11.3 Å². The van der Waals surface area contributed by atoms with E-state index in [4.69, 9.17) is 10.3 Å². The Labute approximate surface area is 132 Å². The molecule has 2 rings (SSSR count). The van der Waals surface area contributed by atoms with Crippen molar-refractivity contribution in [2.24, 2.45) is 5.92 Å². The molecule has 0 saturated carbocycles. The number of aromatic nitrogens is 2. The lowest BCUT2D eigenvalue weighted by Crippen LogP contribution is -2.61. The van der Waals surface area contributed by atoms with E-state index in [2.05, 4.69) is 5.27 Å². The number of amides is 1. The van der Waals surface area contributed by atoms with E-state index in [0.29, 0.717) is 11.3 Å². The predicted molar refractivity (Wildman–Crippen MR) is 82.7 cm³/mol. The molecule has 2 N–H and O–H groups in total. The van der Waals surface area contributed by atoms with Crippen LogP contribution in [0.3, 0.4) is 0 Å². The van der Waals surface area contributed by atoms with Crippen molar-refractivity contribution in [1.82, 2.24) is 5.27 Å². The van der Waals surface area contributed by atoms with E-state index < -0.39 is 0 Å². The number of hydrogen-bond acceptors (Lipinski definition) is 6. The van der Waals surface area contributed by atoms with Gasteiger partial charge in [-0.1, -0.05) is 54.0 Å². The molecule has 8 heteroatoms. The van der Waals surface area contributed by atoms with Crippen molar-refractivity contribution in [3.8, 4) is 0 Å². The number of carbonyl (C=O) groups excluding carboxylic acids is 2. The summed E-state index contributed by atoms with van der Waals surface area (Å²) in [6, 6.07) is 8.97. The van der Waals surface area contributed by atoms with Crippen molar-refractivity contribution in [2.45, 2.75) is 6.92 Å². The van der Waals surface area contributed by atoms with Crippen LogP contribution in [0, 0.1) is 5.92 Å². The third kappa shape index (κ3) is 3.85. The quantitative estimate of drug-likeness (QED) is 0.821. The molecule has 1 aromatic carbocycles. The SMILES string of the molecule is C[C@H](CSC(=O)c1ccccc1)C(=O)N(C)[n+]1cc(N)on1. The van der Waals surface area contributed by atoms with Gasteiger partial charge in [-0.3, -0.25) is 14.1 Å². The highest BCUT2D eigenvalue weighted by molar-refractivity contribution is 8.14. The second-order valence-corrected chi connectivity index (χ2v) is 5.74. The predicted octanol–water partition coefficient (Wildman–Crippen LogP) is 0.848. The molecule has 0 saturated heterocycles. The Morgan fingerprint density at radius 2 is 2.09 bits per heavy atom. The van der Waals surface area contributed by atoms with Gasteiger partial charge in [-0.25, -0.2) is 0 Å². The summed E-state index contributed by atoms with van der Waals surface area (Å²) in [5.41, 5.74) is 6.04. The van der Waals surface area contributed by atoms with Gasteiger partial charge in [0.25, 0.3) is 18.0 Å². The van der Waals surface area contributed by atoms with Crippen LogP contribution >= 0.6 is 11.8 Å². The Hall–Kier alpha value is -2.35. The third-order valence-electron chi connectivity index (χ3n) is 2.99. The van der Waals surface area contributed by atoms with Crippen LogP contribution in [-0.2, 0) is 4.79 Å².